The maximum absolute atomic E-state index is 13.8. The smallest absolute Gasteiger partial charge is 0.235 e. The minimum Gasteiger partial charge on any atom is -0.394 e. The van der Waals surface area contributed by atoms with Gasteiger partial charge in [-0.2, -0.15) is 0 Å². The number of carbonyl (C=O) groups is 1. The molecule has 0 aliphatic carbocycles. The van der Waals surface area contributed by atoms with E-state index in [2.05, 4.69) is 11.9 Å². The molecular formula is C25H29N3O2. The van der Waals surface area contributed by atoms with Crippen LogP contribution in [0.5, 0.6) is 0 Å². The van der Waals surface area contributed by atoms with Gasteiger partial charge in [-0.15, -0.1) is 0 Å². The van der Waals surface area contributed by atoms with Crippen molar-refractivity contribution in [1.29, 1.82) is 0 Å². The molecule has 0 spiro atoms. The van der Waals surface area contributed by atoms with Gasteiger partial charge >= 0.3 is 0 Å². The van der Waals surface area contributed by atoms with Crippen LogP contribution in [0.1, 0.15) is 54.0 Å². The molecule has 0 radical (unpaired) electrons. The van der Waals surface area contributed by atoms with Crippen molar-refractivity contribution in [1.82, 2.24) is 14.9 Å². The third kappa shape index (κ3) is 4.17. The molecule has 2 aromatic carbocycles. The molecule has 1 atom stereocenters. The number of carbonyl (C=O) groups excluding carboxylic acids is 1. The fourth-order valence-corrected chi connectivity index (χ4v) is 4.26. The maximum Gasteiger partial charge on any atom is 0.235 e. The molecule has 4 rings (SSSR count). The highest BCUT2D eigenvalue weighted by Gasteiger charge is 2.36. The molecule has 1 aliphatic heterocycles. The molecule has 156 valence electrons. The van der Waals surface area contributed by atoms with E-state index in [-0.39, 0.29) is 18.6 Å². The van der Waals surface area contributed by atoms with E-state index in [1.54, 1.807) is 0 Å². The fourth-order valence-electron chi connectivity index (χ4n) is 4.26. The highest BCUT2D eigenvalue weighted by Crippen LogP contribution is 2.31. The summed E-state index contributed by atoms with van der Waals surface area (Å²) in [5.74, 6) is 0.600. The summed E-state index contributed by atoms with van der Waals surface area (Å²) in [5, 5.41) is 10.1. The molecule has 30 heavy (non-hydrogen) atoms. The highest BCUT2D eigenvalue weighted by molar-refractivity contribution is 5.87. The SMILES string of the molecule is CCCCc1nc2c([nH]1)CN(C(=O)C(c1ccccc1)c1ccccc1)[C@H](CO)C2. The van der Waals surface area contributed by atoms with Crippen LogP contribution in [0.15, 0.2) is 60.7 Å². The summed E-state index contributed by atoms with van der Waals surface area (Å²) in [5.41, 5.74) is 3.91. The van der Waals surface area contributed by atoms with Gasteiger partial charge in [0.15, 0.2) is 0 Å². The zero-order chi connectivity index (χ0) is 20.9. The second-order valence-corrected chi connectivity index (χ2v) is 7.97. The average Bonchev–Trinajstić information content (AvgIpc) is 3.20. The van der Waals surface area contributed by atoms with Gasteiger partial charge in [-0.1, -0.05) is 74.0 Å². The van der Waals surface area contributed by atoms with Crippen molar-refractivity contribution in [3.63, 3.8) is 0 Å². The number of fused-ring (bicyclic) bond motifs is 1. The summed E-state index contributed by atoms with van der Waals surface area (Å²) in [6.45, 7) is 2.55. The molecule has 1 aromatic heterocycles. The van der Waals surface area contributed by atoms with Crippen LogP contribution in [0, 0.1) is 0 Å². The van der Waals surface area contributed by atoms with Gasteiger partial charge in [0.25, 0.3) is 0 Å². The zero-order valence-corrected chi connectivity index (χ0v) is 17.4. The Bertz CT molecular complexity index is 929. The van der Waals surface area contributed by atoms with Crippen LogP contribution in [0.3, 0.4) is 0 Å². The van der Waals surface area contributed by atoms with Crippen molar-refractivity contribution < 1.29 is 9.90 Å². The Hall–Kier alpha value is -2.92. The normalized spacial score (nSPS) is 16.0. The Morgan fingerprint density at radius 1 is 1.13 bits per heavy atom. The number of aliphatic hydroxyl groups excluding tert-OH is 1. The Morgan fingerprint density at radius 3 is 2.33 bits per heavy atom. The number of aromatic nitrogens is 2. The third-order valence-electron chi connectivity index (χ3n) is 5.89. The maximum atomic E-state index is 13.8. The van der Waals surface area contributed by atoms with Crippen molar-refractivity contribution in [2.45, 2.75) is 51.1 Å². The first kappa shape index (κ1) is 20.4. The lowest BCUT2D eigenvalue weighted by Crippen LogP contribution is -2.48. The first-order chi connectivity index (χ1) is 14.7. The Labute approximate surface area is 177 Å². The lowest BCUT2D eigenvalue weighted by Gasteiger charge is -2.36. The van der Waals surface area contributed by atoms with Gasteiger partial charge < -0.3 is 15.0 Å². The van der Waals surface area contributed by atoms with E-state index >= 15 is 0 Å². The number of nitrogens with zero attached hydrogens (tertiary/aromatic N) is 2. The number of hydrogen-bond acceptors (Lipinski definition) is 3. The first-order valence-corrected chi connectivity index (χ1v) is 10.8. The summed E-state index contributed by atoms with van der Waals surface area (Å²) >= 11 is 0. The highest BCUT2D eigenvalue weighted by atomic mass is 16.3. The van der Waals surface area contributed by atoms with Gasteiger partial charge in [-0.3, -0.25) is 4.79 Å². The summed E-state index contributed by atoms with van der Waals surface area (Å²) in [6.07, 6.45) is 3.70. The van der Waals surface area contributed by atoms with Crippen molar-refractivity contribution in [3.05, 3.63) is 89.0 Å². The van der Waals surface area contributed by atoms with E-state index in [0.717, 1.165) is 47.6 Å². The van der Waals surface area contributed by atoms with Crippen molar-refractivity contribution in [2.24, 2.45) is 0 Å². The van der Waals surface area contributed by atoms with Crippen LogP contribution in [0.25, 0.3) is 0 Å². The van der Waals surface area contributed by atoms with E-state index in [0.29, 0.717) is 13.0 Å². The van der Waals surface area contributed by atoms with Crippen molar-refractivity contribution >= 4 is 5.91 Å². The number of benzene rings is 2. The molecule has 0 saturated carbocycles. The van der Waals surface area contributed by atoms with Crippen LogP contribution >= 0.6 is 0 Å². The van der Waals surface area contributed by atoms with E-state index in [4.69, 9.17) is 4.98 Å². The largest absolute Gasteiger partial charge is 0.394 e. The lowest BCUT2D eigenvalue weighted by atomic mass is 9.88. The molecule has 2 heterocycles. The van der Waals surface area contributed by atoms with Gasteiger partial charge in [0, 0.05) is 12.8 Å². The van der Waals surface area contributed by atoms with Crippen molar-refractivity contribution in [3.8, 4) is 0 Å². The van der Waals surface area contributed by atoms with Crippen LogP contribution < -0.4 is 0 Å². The van der Waals surface area contributed by atoms with Gasteiger partial charge in [0.2, 0.25) is 5.91 Å². The number of aromatic amines is 1. The number of amides is 1. The van der Waals surface area contributed by atoms with E-state index in [1.807, 2.05) is 65.6 Å². The number of hydrogen-bond donors (Lipinski definition) is 2. The average molecular weight is 404 g/mol. The van der Waals surface area contributed by atoms with Gasteiger partial charge in [0.05, 0.1) is 36.5 Å². The number of imidazole rings is 1. The number of H-pyrrole nitrogens is 1. The molecule has 0 saturated heterocycles. The van der Waals surface area contributed by atoms with Gasteiger partial charge in [-0.05, 0) is 17.5 Å². The van der Waals surface area contributed by atoms with E-state index in [9.17, 15) is 9.90 Å². The van der Waals surface area contributed by atoms with Gasteiger partial charge in [0.1, 0.15) is 5.82 Å². The second kappa shape index (κ2) is 9.26. The minimum atomic E-state index is -0.398. The quantitative estimate of drug-likeness (QED) is 0.630. The monoisotopic (exact) mass is 403 g/mol. The molecule has 5 heteroatoms. The number of aryl methyl sites for hydroxylation is 1. The third-order valence-corrected chi connectivity index (χ3v) is 5.89. The van der Waals surface area contributed by atoms with Crippen LogP contribution in [0.4, 0.5) is 0 Å². The van der Waals surface area contributed by atoms with Crippen LogP contribution in [-0.4, -0.2) is 38.5 Å². The zero-order valence-electron chi connectivity index (χ0n) is 17.4. The molecule has 0 bridgehead atoms. The van der Waals surface area contributed by atoms with E-state index < -0.39 is 5.92 Å². The molecule has 3 aromatic rings. The summed E-state index contributed by atoms with van der Waals surface area (Å²) in [4.78, 5) is 23.8. The minimum absolute atomic E-state index is 0.0156. The molecule has 0 unspecified atom stereocenters. The number of nitrogens with one attached hydrogen (secondary N) is 1. The Balaban J connectivity index is 1.66. The first-order valence-electron chi connectivity index (χ1n) is 10.8. The topological polar surface area (TPSA) is 69.2 Å². The second-order valence-electron chi connectivity index (χ2n) is 7.97. The van der Waals surface area contributed by atoms with Crippen LogP contribution in [0.2, 0.25) is 0 Å². The van der Waals surface area contributed by atoms with E-state index in [1.165, 1.54) is 0 Å². The molecule has 1 amide bonds. The predicted molar refractivity (Wildman–Crippen MR) is 117 cm³/mol. The molecular weight excluding hydrogens is 374 g/mol. The Morgan fingerprint density at radius 2 is 1.77 bits per heavy atom. The summed E-state index contributed by atoms with van der Waals surface area (Å²) < 4.78 is 0. The molecule has 0 fully saturated rings. The van der Waals surface area contributed by atoms with Gasteiger partial charge in [-0.25, -0.2) is 4.98 Å². The lowest BCUT2D eigenvalue weighted by molar-refractivity contribution is -0.136. The fraction of sp³-hybridized carbons (Fsp3) is 0.360. The molecule has 2 N–H and O–H groups in total. The number of unbranched alkanes of at least 4 members (excludes halogenated alkanes) is 1. The Kier molecular flexibility index (Phi) is 6.29. The predicted octanol–water partition coefficient (Wildman–Crippen LogP) is 3.83. The number of aliphatic hydroxyl groups is 1. The van der Waals surface area contributed by atoms with Crippen LogP contribution in [-0.2, 0) is 24.2 Å². The standard InChI is InChI=1S/C25H29N3O2/c1-2-3-14-23-26-21-15-20(17-29)28(16-22(21)27-23)25(30)24(18-10-6-4-7-11-18)19-12-8-5-9-13-19/h4-13,20,24,29H,2-3,14-17H2,1H3,(H,26,27)/t20-/m0/s1. The van der Waals surface area contributed by atoms with Crippen molar-refractivity contribution in [2.75, 3.05) is 6.61 Å². The summed E-state index contributed by atoms with van der Waals surface area (Å²) in [7, 11) is 0. The molecule has 1 aliphatic rings. The molecule has 5 nitrogen and oxygen atoms in total. The number of rotatable bonds is 7. The summed E-state index contributed by atoms with van der Waals surface area (Å²) in [6, 6.07) is 19.5.